The van der Waals surface area contributed by atoms with E-state index in [2.05, 4.69) is 55.4 Å². The van der Waals surface area contributed by atoms with Crippen LogP contribution in [0.15, 0.2) is 35.7 Å². The molecule has 52 heavy (non-hydrogen) atoms. The molecule has 2 N–H and O–H groups in total. The zero-order chi connectivity index (χ0) is 38.2. The number of methoxy groups -OCH3 is 1. The first-order valence-corrected chi connectivity index (χ1v) is 20.5. The van der Waals surface area contributed by atoms with Crippen LogP contribution >= 0.6 is 11.3 Å². The molecule has 0 spiro atoms. The Morgan fingerprint density at radius 1 is 1.02 bits per heavy atom. The molecule has 290 valence electrons. The first-order valence-electron chi connectivity index (χ1n) is 19.6. The van der Waals surface area contributed by atoms with E-state index in [1.807, 2.05) is 44.0 Å². The van der Waals surface area contributed by atoms with Crippen molar-refractivity contribution >= 4 is 35.0 Å². The van der Waals surface area contributed by atoms with Crippen LogP contribution in [-0.2, 0) is 32.0 Å². The average Bonchev–Trinajstić information content (AvgIpc) is 3.63. The molecule has 1 aromatic heterocycles. The van der Waals surface area contributed by atoms with Gasteiger partial charge in [0.1, 0.15) is 11.7 Å². The standard InChI is InChI=1S/C41H65N5O5S/c1-9-11-24-46-25-16-15-19-35(46)39(48)44-37(29(5)10-2)40(49)45(7)34(28(3)4)22-23-36-43-33(27-52-36)38(47)42-32(26-30(6)41(50)51-8)21-20-31-17-13-12-14-18-31/h12-14,17-18,27-30,32,34-35,37H,9-11,15-16,19-26H2,1-8H3,(H,42,47)(H,44,48)/t29-,30-,32-,34+,35+,37-/m0/s1. The van der Waals surface area contributed by atoms with E-state index in [1.54, 1.807) is 5.38 Å². The number of piperidine rings is 1. The van der Waals surface area contributed by atoms with E-state index in [0.29, 0.717) is 31.4 Å². The van der Waals surface area contributed by atoms with Gasteiger partial charge in [-0.3, -0.25) is 24.1 Å². The summed E-state index contributed by atoms with van der Waals surface area (Å²) in [5.74, 6) is -0.830. The lowest BCUT2D eigenvalue weighted by molar-refractivity contribution is -0.145. The number of carbonyl (C=O) groups excluding carboxylic acids is 4. The SMILES string of the molecule is CCCCN1CCCC[C@@H]1C(=O)N[C@H](C(=O)N(C)[C@H](CCc1nc(C(=O)N[C@@H](CCc2ccccc2)C[C@H](C)C(=O)OC)cs1)C(C)C)[C@@H](C)CC. The van der Waals surface area contributed by atoms with E-state index in [9.17, 15) is 19.2 Å². The van der Waals surface area contributed by atoms with E-state index < -0.39 is 6.04 Å². The van der Waals surface area contributed by atoms with E-state index in [-0.39, 0.29) is 59.6 Å². The predicted molar refractivity (Wildman–Crippen MR) is 209 cm³/mol. The van der Waals surface area contributed by atoms with Crippen LogP contribution in [0.1, 0.15) is 120 Å². The molecule has 0 bridgehead atoms. The molecule has 1 fully saturated rings. The monoisotopic (exact) mass is 739 g/mol. The zero-order valence-corrected chi connectivity index (χ0v) is 33.8. The van der Waals surface area contributed by atoms with E-state index >= 15 is 0 Å². The number of nitrogens with zero attached hydrogens (tertiary/aromatic N) is 3. The van der Waals surface area contributed by atoms with Crippen molar-refractivity contribution in [3.8, 4) is 0 Å². The number of benzene rings is 1. The van der Waals surface area contributed by atoms with Gasteiger partial charge in [0.25, 0.3) is 5.91 Å². The normalized spacial score (nSPS) is 17.8. The summed E-state index contributed by atoms with van der Waals surface area (Å²) in [6.07, 6.45) is 9.10. The van der Waals surface area contributed by atoms with Crippen molar-refractivity contribution in [2.45, 2.75) is 136 Å². The summed E-state index contributed by atoms with van der Waals surface area (Å²) in [5, 5.41) is 8.95. The molecule has 0 radical (unpaired) electrons. The summed E-state index contributed by atoms with van der Waals surface area (Å²) >= 11 is 1.44. The maximum Gasteiger partial charge on any atom is 0.308 e. The quantitative estimate of drug-likeness (QED) is 0.137. The lowest BCUT2D eigenvalue weighted by Crippen LogP contribution is -2.58. The van der Waals surface area contributed by atoms with Crippen LogP contribution in [-0.4, -0.2) is 89.9 Å². The number of hydrogen-bond donors (Lipinski definition) is 2. The molecule has 0 aliphatic carbocycles. The maximum absolute atomic E-state index is 14.2. The highest BCUT2D eigenvalue weighted by Crippen LogP contribution is 2.23. The molecule has 1 aliphatic heterocycles. The van der Waals surface area contributed by atoms with Crippen molar-refractivity contribution in [2.24, 2.45) is 17.8 Å². The smallest absolute Gasteiger partial charge is 0.308 e. The van der Waals surface area contributed by atoms with Gasteiger partial charge in [0.2, 0.25) is 11.8 Å². The van der Waals surface area contributed by atoms with Gasteiger partial charge in [0.15, 0.2) is 0 Å². The van der Waals surface area contributed by atoms with Gasteiger partial charge < -0.3 is 20.3 Å². The fourth-order valence-electron chi connectivity index (χ4n) is 7.23. The summed E-state index contributed by atoms with van der Waals surface area (Å²) in [7, 11) is 3.24. The van der Waals surface area contributed by atoms with Crippen molar-refractivity contribution in [3.05, 3.63) is 52.0 Å². The van der Waals surface area contributed by atoms with Crippen molar-refractivity contribution in [1.29, 1.82) is 0 Å². The Bertz CT molecular complexity index is 1400. The molecule has 1 aliphatic rings. The number of amides is 3. The largest absolute Gasteiger partial charge is 0.469 e. The number of ether oxygens (including phenoxy) is 1. The number of unbranched alkanes of at least 4 members (excludes halogenated alkanes) is 1. The van der Waals surface area contributed by atoms with Gasteiger partial charge in [-0.05, 0) is 75.4 Å². The number of rotatable bonds is 21. The Balaban J connectivity index is 1.66. The van der Waals surface area contributed by atoms with Crippen LogP contribution < -0.4 is 10.6 Å². The van der Waals surface area contributed by atoms with Crippen molar-refractivity contribution < 1.29 is 23.9 Å². The summed E-state index contributed by atoms with van der Waals surface area (Å²) in [6, 6.07) is 9.01. The molecular formula is C41H65N5O5S. The van der Waals surface area contributed by atoms with Gasteiger partial charge in [-0.1, -0.05) is 91.1 Å². The summed E-state index contributed by atoms with van der Waals surface area (Å²) < 4.78 is 4.94. The van der Waals surface area contributed by atoms with E-state index in [1.165, 1.54) is 24.0 Å². The molecule has 0 saturated carbocycles. The number of esters is 1. The summed E-state index contributed by atoms with van der Waals surface area (Å²) in [4.78, 5) is 62.3. The highest BCUT2D eigenvalue weighted by molar-refractivity contribution is 7.09. The van der Waals surface area contributed by atoms with Gasteiger partial charge in [0, 0.05) is 30.9 Å². The number of nitrogens with one attached hydrogen (secondary N) is 2. The minimum absolute atomic E-state index is 0.00782. The van der Waals surface area contributed by atoms with Gasteiger partial charge in [-0.15, -0.1) is 11.3 Å². The maximum atomic E-state index is 14.2. The van der Waals surface area contributed by atoms with Crippen LogP contribution in [0.25, 0.3) is 0 Å². The highest BCUT2D eigenvalue weighted by atomic mass is 32.1. The Morgan fingerprint density at radius 2 is 1.75 bits per heavy atom. The lowest BCUT2D eigenvalue weighted by Gasteiger charge is -2.38. The van der Waals surface area contributed by atoms with Crippen LogP contribution in [0.3, 0.4) is 0 Å². The highest BCUT2D eigenvalue weighted by Gasteiger charge is 2.36. The molecule has 0 unspecified atom stereocenters. The molecule has 1 aromatic carbocycles. The van der Waals surface area contributed by atoms with Crippen molar-refractivity contribution in [1.82, 2.24) is 25.4 Å². The van der Waals surface area contributed by atoms with Crippen LogP contribution in [0.2, 0.25) is 0 Å². The van der Waals surface area contributed by atoms with E-state index in [4.69, 9.17) is 9.72 Å². The number of carbonyl (C=O) groups is 4. The second-order valence-electron chi connectivity index (χ2n) is 15.1. The Hall–Kier alpha value is -3.31. The topological polar surface area (TPSA) is 121 Å². The van der Waals surface area contributed by atoms with Crippen LogP contribution in [0.4, 0.5) is 0 Å². The van der Waals surface area contributed by atoms with Crippen molar-refractivity contribution in [3.63, 3.8) is 0 Å². The summed E-state index contributed by atoms with van der Waals surface area (Å²) in [5.41, 5.74) is 1.53. The minimum Gasteiger partial charge on any atom is -0.469 e. The second-order valence-corrected chi connectivity index (χ2v) is 16.0. The van der Waals surface area contributed by atoms with Gasteiger partial charge >= 0.3 is 5.97 Å². The van der Waals surface area contributed by atoms with Crippen molar-refractivity contribution in [2.75, 3.05) is 27.2 Å². The Labute approximate surface area is 316 Å². The molecule has 1 saturated heterocycles. The molecule has 3 amide bonds. The van der Waals surface area contributed by atoms with Gasteiger partial charge in [-0.25, -0.2) is 4.98 Å². The number of likely N-dealkylation sites (N-methyl/N-ethyl adjacent to an activating group) is 1. The number of thiazole rings is 1. The van der Waals surface area contributed by atoms with Gasteiger partial charge in [-0.2, -0.15) is 0 Å². The lowest BCUT2D eigenvalue weighted by atomic mass is 9.93. The molecule has 10 nitrogen and oxygen atoms in total. The molecule has 2 aromatic rings. The van der Waals surface area contributed by atoms with Gasteiger partial charge in [0.05, 0.1) is 24.1 Å². The molecule has 2 heterocycles. The Kier molecular flexibility index (Phi) is 18.3. The first-order chi connectivity index (χ1) is 24.9. The first kappa shape index (κ1) is 43.1. The van der Waals surface area contributed by atoms with E-state index in [0.717, 1.165) is 63.0 Å². The number of aryl methyl sites for hydroxylation is 2. The molecule has 3 rings (SSSR count). The Morgan fingerprint density at radius 3 is 2.40 bits per heavy atom. The van der Waals surface area contributed by atoms with Crippen LogP contribution in [0, 0.1) is 17.8 Å². The zero-order valence-electron chi connectivity index (χ0n) is 33.0. The summed E-state index contributed by atoms with van der Waals surface area (Å²) in [6.45, 7) is 14.2. The molecule has 6 atom stereocenters. The fraction of sp³-hybridized carbons (Fsp3) is 0.683. The third kappa shape index (κ3) is 13.0. The molecular weight excluding hydrogens is 675 g/mol. The number of likely N-dealkylation sites (tertiary alicyclic amines) is 1. The second kappa shape index (κ2) is 22.0. The third-order valence-corrected chi connectivity index (χ3v) is 11.7. The number of aromatic nitrogens is 1. The fourth-order valence-corrected chi connectivity index (χ4v) is 8.02. The average molecular weight is 740 g/mol. The third-order valence-electron chi connectivity index (χ3n) is 10.7. The molecule has 11 heteroatoms. The predicted octanol–water partition coefficient (Wildman–Crippen LogP) is 6.67. The van der Waals surface area contributed by atoms with Crippen LogP contribution in [0.5, 0.6) is 0 Å². The number of hydrogen-bond acceptors (Lipinski definition) is 8. The minimum atomic E-state index is -0.592.